The van der Waals surface area contributed by atoms with E-state index in [4.69, 9.17) is 4.74 Å². The van der Waals surface area contributed by atoms with Crippen LogP contribution in [0, 0.1) is 12.8 Å². The zero-order valence-electron chi connectivity index (χ0n) is 13.9. The number of amides is 1. The van der Waals surface area contributed by atoms with Crippen LogP contribution in [0.3, 0.4) is 0 Å². The molecule has 1 fully saturated rings. The Labute approximate surface area is 146 Å². The number of carbonyl (C=O) groups is 1. The van der Waals surface area contributed by atoms with Crippen molar-refractivity contribution in [1.29, 1.82) is 0 Å². The fourth-order valence-electron chi connectivity index (χ4n) is 3.65. The summed E-state index contributed by atoms with van der Waals surface area (Å²) < 4.78 is 5.79. The molecule has 0 bridgehead atoms. The largest absolute Gasteiger partial charge is 0.492 e. The number of thiazole rings is 1. The van der Waals surface area contributed by atoms with E-state index in [1.165, 1.54) is 5.01 Å². The number of benzene rings is 1. The van der Waals surface area contributed by atoms with E-state index in [0.717, 1.165) is 49.4 Å². The number of hydrogen-bond donors (Lipinski definition) is 0. The van der Waals surface area contributed by atoms with Gasteiger partial charge in [0, 0.05) is 30.1 Å². The summed E-state index contributed by atoms with van der Waals surface area (Å²) in [6.45, 7) is 4.21. The number of fused-ring (bicyclic) bond motifs is 1. The maximum atomic E-state index is 12.8. The van der Waals surface area contributed by atoms with E-state index >= 15 is 0 Å². The number of aryl methyl sites for hydroxylation is 1. The quantitative estimate of drug-likeness (QED) is 0.840. The van der Waals surface area contributed by atoms with Crippen LogP contribution in [-0.2, 0) is 11.2 Å². The SMILES string of the molecule is Cc1csc(C2CCN(C(=O)C3COc4ccccc4C3)CC2)n1. The van der Waals surface area contributed by atoms with Gasteiger partial charge >= 0.3 is 0 Å². The van der Waals surface area contributed by atoms with Gasteiger partial charge in [0.25, 0.3) is 0 Å². The lowest BCUT2D eigenvalue weighted by atomic mass is 9.92. The first kappa shape index (κ1) is 15.6. The number of ether oxygens (including phenoxy) is 1. The Hall–Kier alpha value is -1.88. The number of rotatable bonds is 2. The Morgan fingerprint density at radius 2 is 2.08 bits per heavy atom. The normalized spacial score (nSPS) is 21.2. The van der Waals surface area contributed by atoms with Gasteiger partial charge in [-0.25, -0.2) is 4.98 Å². The summed E-state index contributed by atoms with van der Waals surface area (Å²) in [7, 11) is 0. The van der Waals surface area contributed by atoms with Gasteiger partial charge in [-0.05, 0) is 37.8 Å². The third-order valence-electron chi connectivity index (χ3n) is 5.02. The van der Waals surface area contributed by atoms with Crippen molar-refractivity contribution in [1.82, 2.24) is 9.88 Å². The molecular formula is C19H22N2O2S. The molecule has 1 amide bonds. The van der Waals surface area contributed by atoms with E-state index in [0.29, 0.717) is 12.5 Å². The van der Waals surface area contributed by atoms with Gasteiger partial charge in [0.2, 0.25) is 5.91 Å². The van der Waals surface area contributed by atoms with E-state index in [2.05, 4.69) is 16.4 Å². The first-order valence-electron chi connectivity index (χ1n) is 8.62. The lowest BCUT2D eigenvalue weighted by Gasteiger charge is -2.35. The molecule has 4 rings (SSSR count). The van der Waals surface area contributed by atoms with Crippen molar-refractivity contribution in [3.63, 3.8) is 0 Å². The molecule has 2 aliphatic rings. The second kappa shape index (κ2) is 6.55. The van der Waals surface area contributed by atoms with E-state index in [1.54, 1.807) is 11.3 Å². The van der Waals surface area contributed by atoms with Crippen LogP contribution in [0.25, 0.3) is 0 Å². The van der Waals surface area contributed by atoms with E-state index < -0.39 is 0 Å². The highest BCUT2D eigenvalue weighted by Crippen LogP contribution is 2.32. The predicted octanol–water partition coefficient (Wildman–Crippen LogP) is 3.41. The highest BCUT2D eigenvalue weighted by molar-refractivity contribution is 7.09. The minimum Gasteiger partial charge on any atom is -0.492 e. The topological polar surface area (TPSA) is 42.4 Å². The third-order valence-corrected chi connectivity index (χ3v) is 6.15. The molecule has 24 heavy (non-hydrogen) atoms. The molecule has 0 N–H and O–H groups in total. The van der Waals surface area contributed by atoms with Gasteiger partial charge in [0.1, 0.15) is 12.4 Å². The molecule has 0 spiro atoms. The first-order valence-corrected chi connectivity index (χ1v) is 9.50. The molecule has 126 valence electrons. The molecular weight excluding hydrogens is 320 g/mol. The van der Waals surface area contributed by atoms with Gasteiger partial charge in [-0.15, -0.1) is 11.3 Å². The van der Waals surface area contributed by atoms with Gasteiger partial charge in [0.05, 0.1) is 10.9 Å². The Balaban J connectivity index is 1.37. The maximum Gasteiger partial charge on any atom is 0.229 e. The molecule has 1 aromatic heterocycles. The van der Waals surface area contributed by atoms with Crippen LogP contribution < -0.4 is 4.74 Å². The summed E-state index contributed by atoms with van der Waals surface area (Å²) >= 11 is 1.75. The van der Waals surface area contributed by atoms with Crippen LogP contribution >= 0.6 is 11.3 Å². The Morgan fingerprint density at radius 1 is 1.29 bits per heavy atom. The molecule has 0 aliphatic carbocycles. The first-order chi connectivity index (χ1) is 11.7. The average molecular weight is 342 g/mol. The Morgan fingerprint density at radius 3 is 2.83 bits per heavy atom. The highest BCUT2D eigenvalue weighted by Gasteiger charge is 2.32. The van der Waals surface area contributed by atoms with Crippen molar-refractivity contribution < 1.29 is 9.53 Å². The van der Waals surface area contributed by atoms with Crippen LogP contribution in [-0.4, -0.2) is 35.5 Å². The van der Waals surface area contributed by atoms with Crippen molar-refractivity contribution in [3.05, 3.63) is 45.9 Å². The summed E-state index contributed by atoms with van der Waals surface area (Å²) in [6, 6.07) is 8.03. The van der Waals surface area contributed by atoms with Crippen LogP contribution in [0.5, 0.6) is 5.75 Å². The molecule has 1 aromatic carbocycles. The summed E-state index contributed by atoms with van der Waals surface area (Å²) in [5.74, 6) is 1.65. The second-order valence-corrected chi connectivity index (χ2v) is 7.64. The Bertz CT molecular complexity index is 734. The van der Waals surface area contributed by atoms with E-state index in [1.807, 2.05) is 30.0 Å². The Kier molecular flexibility index (Phi) is 4.27. The van der Waals surface area contributed by atoms with Crippen LogP contribution in [0.4, 0.5) is 0 Å². The van der Waals surface area contributed by atoms with Crippen LogP contribution in [0.2, 0.25) is 0 Å². The molecule has 3 heterocycles. The van der Waals surface area contributed by atoms with Crippen molar-refractivity contribution in [3.8, 4) is 5.75 Å². The summed E-state index contributed by atoms with van der Waals surface area (Å²) in [5, 5.41) is 3.35. The smallest absolute Gasteiger partial charge is 0.229 e. The maximum absolute atomic E-state index is 12.8. The molecule has 2 aliphatic heterocycles. The van der Waals surface area contributed by atoms with Crippen molar-refractivity contribution >= 4 is 17.2 Å². The fourth-order valence-corrected chi connectivity index (χ4v) is 4.62. The summed E-state index contributed by atoms with van der Waals surface area (Å²) in [6.07, 6.45) is 2.83. The number of carbonyl (C=O) groups excluding carboxylic acids is 1. The summed E-state index contributed by atoms with van der Waals surface area (Å²) in [5.41, 5.74) is 2.25. The average Bonchev–Trinajstić information content (AvgIpc) is 3.07. The number of piperidine rings is 1. The zero-order chi connectivity index (χ0) is 16.5. The molecule has 4 nitrogen and oxygen atoms in total. The number of nitrogens with zero attached hydrogens (tertiary/aromatic N) is 2. The van der Waals surface area contributed by atoms with Gasteiger partial charge < -0.3 is 9.64 Å². The monoisotopic (exact) mass is 342 g/mol. The molecule has 1 saturated heterocycles. The molecule has 1 atom stereocenters. The number of aromatic nitrogens is 1. The lowest BCUT2D eigenvalue weighted by molar-refractivity contribution is -0.138. The van der Waals surface area contributed by atoms with Crippen molar-refractivity contribution in [2.45, 2.75) is 32.1 Å². The second-order valence-electron chi connectivity index (χ2n) is 6.75. The molecule has 5 heteroatoms. The van der Waals surface area contributed by atoms with Gasteiger partial charge in [-0.2, -0.15) is 0 Å². The highest BCUT2D eigenvalue weighted by atomic mass is 32.1. The van der Waals surface area contributed by atoms with Gasteiger partial charge in [-0.3, -0.25) is 4.79 Å². The van der Waals surface area contributed by atoms with E-state index in [-0.39, 0.29) is 11.8 Å². The van der Waals surface area contributed by atoms with Crippen LogP contribution in [0.15, 0.2) is 29.6 Å². The predicted molar refractivity (Wildman–Crippen MR) is 94.5 cm³/mol. The number of hydrogen-bond acceptors (Lipinski definition) is 4. The van der Waals surface area contributed by atoms with E-state index in [9.17, 15) is 4.79 Å². The third kappa shape index (κ3) is 3.05. The number of para-hydroxylation sites is 1. The zero-order valence-corrected chi connectivity index (χ0v) is 14.7. The van der Waals surface area contributed by atoms with Gasteiger partial charge in [-0.1, -0.05) is 18.2 Å². The number of likely N-dealkylation sites (tertiary alicyclic amines) is 1. The summed E-state index contributed by atoms with van der Waals surface area (Å²) in [4.78, 5) is 19.5. The molecule has 1 unspecified atom stereocenters. The fraction of sp³-hybridized carbons (Fsp3) is 0.474. The molecule has 0 saturated carbocycles. The molecule has 0 radical (unpaired) electrons. The van der Waals surface area contributed by atoms with Crippen molar-refractivity contribution in [2.24, 2.45) is 5.92 Å². The van der Waals surface area contributed by atoms with Crippen LogP contribution in [0.1, 0.15) is 35.0 Å². The molecule has 2 aromatic rings. The standard InChI is InChI=1S/C19H22N2O2S/c1-13-12-24-18(20-13)14-6-8-21(9-7-14)19(22)16-10-15-4-2-3-5-17(15)23-11-16/h2-5,12,14,16H,6-11H2,1H3. The minimum absolute atomic E-state index is 0.0430. The lowest BCUT2D eigenvalue weighted by Crippen LogP contribution is -2.44. The van der Waals surface area contributed by atoms with Gasteiger partial charge in [0.15, 0.2) is 0 Å². The van der Waals surface area contributed by atoms with Crippen molar-refractivity contribution in [2.75, 3.05) is 19.7 Å². The minimum atomic E-state index is -0.0430.